The molecule has 1 aliphatic heterocycles. The summed E-state index contributed by atoms with van der Waals surface area (Å²) >= 11 is 12.3. The van der Waals surface area contributed by atoms with Crippen LogP contribution in [0.1, 0.15) is 36.4 Å². The Morgan fingerprint density at radius 1 is 0.633 bits per heavy atom. The van der Waals surface area contributed by atoms with Crippen LogP contribution in [0.3, 0.4) is 0 Å². The van der Waals surface area contributed by atoms with Crippen molar-refractivity contribution in [3.8, 4) is 0 Å². The number of halogens is 7. The number of hydrogen-bond donors (Lipinski definition) is 1. The van der Waals surface area contributed by atoms with E-state index < -0.39 is 34.6 Å². The summed E-state index contributed by atoms with van der Waals surface area (Å²) in [6.45, 7) is 6.27. The molecule has 0 atom stereocenters. The number of hydrogen-bond acceptors (Lipinski definition) is 1. The van der Waals surface area contributed by atoms with Gasteiger partial charge in [-0.2, -0.15) is 0 Å². The van der Waals surface area contributed by atoms with Crippen LogP contribution in [0.4, 0.5) is 22.0 Å². The van der Waals surface area contributed by atoms with Gasteiger partial charge in [-0.25, -0.2) is 22.0 Å². The molecule has 49 heavy (non-hydrogen) atoms. The first kappa shape index (κ1) is 34.2. The maximum absolute atomic E-state index is 14.7. The number of aryl methyl sites for hydroxylation is 1. The summed E-state index contributed by atoms with van der Waals surface area (Å²) in [5.74, 6) is -10.3. The monoisotopic (exact) mass is 699 g/mol. The lowest BCUT2D eigenvalue weighted by atomic mass is 9.63. The van der Waals surface area contributed by atoms with Crippen molar-refractivity contribution in [1.29, 1.82) is 0 Å². The number of nitrogens with zero attached hydrogens (tertiary/aromatic N) is 1. The van der Waals surface area contributed by atoms with Crippen LogP contribution in [0.15, 0.2) is 106 Å². The van der Waals surface area contributed by atoms with Gasteiger partial charge in [0.25, 0.3) is 0 Å². The van der Waals surface area contributed by atoms with Gasteiger partial charge in [-0.05, 0) is 60.4 Å². The summed E-state index contributed by atoms with van der Waals surface area (Å²) < 4.78 is 70.7. The SMILES string of the molecule is CC1=N/C(=C(\c2[nH]c(C)c(Cl)c2C)c2c(F)c(F)c(F)c(F)c2F)C(C)=C1Cl.[B](c1ccc2ccccc2c1)c1ccc2ccccc2c1. The zero-order valence-electron chi connectivity index (χ0n) is 26.8. The molecule has 0 saturated heterocycles. The number of allylic oxidation sites excluding steroid dienone is 2. The molecular formula is C39H27BCl2F5N2. The maximum atomic E-state index is 14.7. The third-order valence-electron chi connectivity index (χ3n) is 8.45. The van der Waals surface area contributed by atoms with Crippen LogP contribution in [0.25, 0.3) is 27.1 Å². The molecule has 1 aromatic heterocycles. The fraction of sp³-hybridized carbons (Fsp3) is 0.103. The molecule has 5 aromatic carbocycles. The minimum absolute atomic E-state index is 0.00766. The van der Waals surface area contributed by atoms with Crippen molar-refractivity contribution < 1.29 is 22.0 Å². The fourth-order valence-corrected chi connectivity index (χ4v) is 6.14. The largest absolute Gasteiger partial charge is 0.357 e. The third-order valence-corrected chi connectivity index (χ3v) is 9.58. The van der Waals surface area contributed by atoms with Gasteiger partial charge in [0.2, 0.25) is 5.82 Å². The Labute approximate surface area is 290 Å². The van der Waals surface area contributed by atoms with E-state index in [9.17, 15) is 22.0 Å². The standard InChI is InChI=1S/C20H14B.C19H13Cl2F5N2/c1-3-7-17-13-19(11-9-15(17)5-1)21-20-12-10-16-6-2-4-8-18(16)14-20;1-5-11(20)7(3)27-18(5)10(19-6(2)12(21)8(4)28-19)9-13(22)15(24)17(26)16(25)14(9)23/h1-14H;27H,1-4H3/b;19-10-. The molecule has 7 rings (SSSR count). The van der Waals surface area contributed by atoms with Crippen LogP contribution in [0.2, 0.25) is 5.02 Å². The van der Waals surface area contributed by atoms with E-state index in [1.165, 1.54) is 39.4 Å². The van der Waals surface area contributed by atoms with Gasteiger partial charge in [0.05, 0.1) is 32.7 Å². The third kappa shape index (κ3) is 6.43. The molecule has 2 heterocycles. The zero-order valence-corrected chi connectivity index (χ0v) is 28.3. The van der Waals surface area contributed by atoms with Crippen LogP contribution >= 0.6 is 23.2 Å². The van der Waals surface area contributed by atoms with E-state index in [0.717, 1.165) is 0 Å². The van der Waals surface area contributed by atoms with Crippen LogP contribution in [0.5, 0.6) is 0 Å². The smallest absolute Gasteiger partial charge is 0.200 e. The molecule has 1 aliphatic rings. The van der Waals surface area contributed by atoms with Crippen molar-refractivity contribution in [3.63, 3.8) is 0 Å². The number of aromatic nitrogens is 1. The minimum Gasteiger partial charge on any atom is -0.357 e. The Balaban J connectivity index is 0.000000176. The number of benzene rings is 5. The second-order valence-electron chi connectivity index (χ2n) is 11.7. The lowest BCUT2D eigenvalue weighted by molar-refractivity contribution is 0.376. The predicted molar refractivity (Wildman–Crippen MR) is 192 cm³/mol. The molecule has 1 N–H and O–H groups in total. The molecule has 0 aliphatic carbocycles. The van der Waals surface area contributed by atoms with Crippen molar-refractivity contribution in [2.45, 2.75) is 27.7 Å². The molecule has 0 spiro atoms. The van der Waals surface area contributed by atoms with Crippen molar-refractivity contribution in [3.05, 3.63) is 158 Å². The number of rotatable bonds is 4. The molecule has 10 heteroatoms. The van der Waals surface area contributed by atoms with Crippen LogP contribution in [-0.4, -0.2) is 18.0 Å². The molecule has 0 amide bonds. The van der Waals surface area contributed by atoms with E-state index >= 15 is 0 Å². The van der Waals surface area contributed by atoms with Crippen LogP contribution in [0, 0.1) is 42.9 Å². The average molecular weight is 700 g/mol. The fourth-order valence-electron chi connectivity index (χ4n) is 5.87. The van der Waals surface area contributed by atoms with Gasteiger partial charge >= 0.3 is 0 Å². The summed E-state index contributed by atoms with van der Waals surface area (Å²) in [6.07, 6.45) is 0. The quantitative estimate of drug-likeness (QED) is 0.0821. The molecular weight excluding hydrogens is 673 g/mol. The van der Waals surface area contributed by atoms with Gasteiger partial charge in [-0.1, -0.05) is 119 Å². The molecule has 0 unspecified atom stereocenters. The van der Waals surface area contributed by atoms with Gasteiger partial charge in [-0.3, -0.25) is 4.99 Å². The highest BCUT2D eigenvalue weighted by Crippen LogP contribution is 2.42. The van der Waals surface area contributed by atoms with E-state index in [4.69, 9.17) is 23.2 Å². The number of fused-ring (bicyclic) bond motifs is 2. The molecule has 2 nitrogen and oxygen atoms in total. The van der Waals surface area contributed by atoms with Crippen LogP contribution in [-0.2, 0) is 0 Å². The van der Waals surface area contributed by atoms with E-state index in [2.05, 4.69) is 102 Å². The van der Waals surface area contributed by atoms with Crippen molar-refractivity contribution in [2.75, 3.05) is 0 Å². The number of nitrogens with one attached hydrogen (secondary N) is 1. The van der Waals surface area contributed by atoms with Gasteiger partial charge < -0.3 is 4.98 Å². The maximum Gasteiger partial charge on any atom is 0.200 e. The van der Waals surface area contributed by atoms with Gasteiger partial charge in [0, 0.05) is 11.3 Å². The Hall–Kier alpha value is -4.66. The summed E-state index contributed by atoms with van der Waals surface area (Å²) in [4.78, 5) is 7.05. The second kappa shape index (κ2) is 13.7. The second-order valence-corrected chi connectivity index (χ2v) is 12.5. The minimum atomic E-state index is -2.24. The summed E-state index contributed by atoms with van der Waals surface area (Å²) in [7, 11) is 2.24. The molecule has 1 radical (unpaired) electrons. The van der Waals surface area contributed by atoms with Crippen molar-refractivity contribution >= 4 is 74.2 Å². The Kier molecular flexibility index (Phi) is 9.56. The Morgan fingerprint density at radius 3 is 1.53 bits per heavy atom. The molecule has 0 bridgehead atoms. The number of H-pyrrole nitrogens is 1. The first-order valence-electron chi connectivity index (χ1n) is 15.2. The molecule has 0 fully saturated rings. The van der Waals surface area contributed by atoms with Crippen LogP contribution < -0.4 is 10.9 Å². The van der Waals surface area contributed by atoms with E-state index in [-0.39, 0.29) is 27.0 Å². The predicted octanol–water partition coefficient (Wildman–Crippen LogP) is 10.4. The van der Waals surface area contributed by atoms with Gasteiger partial charge in [-0.15, -0.1) is 0 Å². The van der Waals surface area contributed by atoms with Gasteiger partial charge in [0.1, 0.15) is 0 Å². The number of aliphatic imine (C=N–C) groups is 1. The molecule has 245 valence electrons. The molecule has 0 saturated carbocycles. The first-order valence-corrected chi connectivity index (χ1v) is 16.0. The zero-order chi connectivity index (χ0) is 35.1. The summed E-state index contributed by atoms with van der Waals surface area (Å²) in [6, 6.07) is 30.1. The summed E-state index contributed by atoms with van der Waals surface area (Å²) in [5, 5.41) is 5.63. The Bertz CT molecular complexity index is 2290. The van der Waals surface area contributed by atoms with E-state index in [1.807, 2.05) is 0 Å². The summed E-state index contributed by atoms with van der Waals surface area (Å²) in [5.41, 5.74) is 2.66. The Morgan fingerprint density at radius 2 is 1.10 bits per heavy atom. The highest BCUT2D eigenvalue weighted by molar-refractivity contribution is 6.67. The van der Waals surface area contributed by atoms with Crippen molar-refractivity contribution in [2.24, 2.45) is 4.99 Å². The number of aromatic amines is 1. The van der Waals surface area contributed by atoms with E-state index in [1.54, 1.807) is 20.8 Å². The highest BCUT2D eigenvalue weighted by atomic mass is 35.5. The molecule has 6 aromatic rings. The average Bonchev–Trinajstić information content (AvgIpc) is 3.51. The van der Waals surface area contributed by atoms with E-state index in [0.29, 0.717) is 22.5 Å². The normalized spacial score (nSPS) is 13.9. The van der Waals surface area contributed by atoms with Gasteiger partial charge in [0.15, 0.2) is 30.5 Å². The highest BCUT2D eigenvalue weighted by Gasteiger charge is 2.33. The lowest BCUT2D eigenvalue weighted by Crippen LogP contribution is -2.26. The first-order chi connectivity index (χ1) is 23.4. The lowest BCUT2D eigenvalue weighted by Gasteiger charge is -2.15. The topological polar surface area (TPSA) is 28.1 Å². The van der Waals surface area contributed by atoms with Crippen molar-refractivity contribution in [1.82, 2.24) is 4.98 Å².